The van der Waals surface area contributed by atoms with E-state index in [2.05, 4.69) is 11.2 Å². The molecule has 7 aromatic carbocycles. The van der Waals surface area contributed by atoms with Gasteiger partial charge in [0.05, 0.1) is 44.5 Å². The molecule has 4 nitrogen and oxygen atoms in total. The molecule has 0 amide bonds. The Morgan fingerprint density at radius 1 is 0.395 bits per heavy atom. The van der Waals surface area contributed by atoms with Gasteiger partial charge >= 0.3 is 55.4 Å². The summed E-state index contributed by atoms with van der Waals surface area (Å²) in [5.41, 5.74) is -29.1. The topological polar surface area (TPSA) is 60.4 Å². The van der Waals surface area contributed by atoms with Crippen LogP contribution in [0.4, 0.5) is 105 Å². The van der Waals surface area contributed by atoms with Crippen molar-refractivity contribution in [2.24, 2.45) is 0 Å². The number of alkyl halides is 24. The molecule has 0 heterocycles. The molecular weight excluding hydrogens is 1240 g/mol. The zero-order valence-corrected chi connectivity index (χ0v) is 43.2. The van der Waals surface area contributed by atoms with Crippen LogP contribution in [-0.2, 0) is 68.3 Å². The third-order valence-electron chi connectivity index (χ3n) is 12.5. The van der Waals surface area contributed by atoms with E-state index < -0.39 is 211 Å². The van der Waals surface area contributed by atoms with Crippen molar-refractivity contribution in [2.75, 3.05) is 5.75 Å². The van der Waals surface area contributed by atoms with Crippen molar-refractivity contribution in [3.8, 4) is 16.9 Å². The Kier molecular flexibility index (Phi) is 18.6. The van der Waals surface area contributed by atoms with E-state index in [9.17, 15) is 119 Å². The largest absolute Gasteiger partial charge is 0.427 e. The second kappa shape index (κ2) is 23.9. The molecule has 30 heteroatoms. The van der Waals surface area contributed by atoms with Crippen LogP contribution in [0.5, 0.6) is 5.75 Å². The molecule has 456 valence electrons. The number of carbonyl (C=O) groups excluding carboxylic acids is 2. The lowest BCUT2D eigenvalue weighted by Gasteiger charge is -2.46. The van der Waals surface area contributed by atoms with Gasteiger partial charge in [-0.25, -0.2) is 0 Å². The van der Waals surface area contributed by atoms with Crippen LogP contribution in [0, 0.1) is 11.2 Å². The highest BCUT2D eigenvalue weighted by molar-refractivity contribution is 8.07. The number of carbonyl (C=O) groups is 2. The minimum atomic E-state index is -6.13. The molecule has 0 aliphatic carbocycles. The highest BCUT2D eigenvalue weighted by atomic mass is 32.2. The summed E-state index contributed by atoms with van der Waals surface area (Å²) in [7, 11) is -2.94. The van der Waals surface area contributed by atoms with Gasteiger partial charge in [-0.3, -0.25) is 9.59 Å². The first-order valence-electron chi connectivity index (χ1n) is 23.5. The fraction of sp³-hybridized carbons (Fsp3) is 0.179. The van der Waals surface area contributed by atoms with Gasteiger partial charge in [-0.05, 0) is 78.7 Å². The van der Waals surface area contributed by atoms with E-state index in [1.807, 2.05) is 36.4 Å². The fourth-order valence-electron chi connectivity index (χ4n) is 8.69. The Labute approximate surface area is 469 Å². The van der Waals surface area contributed by atoms with E-state index >= 15 is 0 Å². The normalized spacial score (nSPS) is 13.6. The van der Waals surface area contributed by atoms with Crippen LogP contribution in [0.1, 0.15) is 67.4 Å². The van der Waals surface area contributed by atoms with Crippen LogP contribution in [0.3, 0.4) is 0 Å². The van der Waals surface area contributed by atoms with E-state index in [1.165, 1.54) is 19.1 Å². The predicted molar refractivity (Wildman–Crippen MR) is 263 cm³/mol. The molecule has 0 aliphatic rings. The van der Waals surface area contributed by atoms with E-state index in [0.29, 0.717) is 16.2 Å². The van der Waals surface area contributed by atoms with Gasteiger partial charge < -0.3 is 4.74 Å². The summed E-state index contributed by atoms with van der Waals surface area (Å²) < 4.78 is 359. The second-order valence-corrected chi connectivity index (χ2v) is 20.8. The van der Waals surface area contributed by atoms with Crippen LogP contribution in [0.2, 0.25) is 0 Å². The van der Waals surface area contributed by atoms with Crippen molar-refractivity contribution in [2.45, 2.75) is 61.2 Å². The minimum Gasteiger partial charge on any atom is -0.427 e. The van der Waals surface area contributed by atoms with Crippen molar-refractivity contribution in [1.82, 2.24) is 0 Å². The molecular formula is C56H31BF24O4S. The lowest BCUT2D eigenvalue weighted by Crippen LogP contribution is -2.75. The highest BCUT2D eigenvalue weighted by Crippen LogP contribution is 2.42. The Bertz CT molecular complexity index is 3300. The summed E-state index contributed by atoms with van der Waals surface area (Å²) in [4.78, 5) is 24.4. The van der Waals surface area contributed by atoms with Crippen molar-refractivity contribution in [3.63, 3.8) is 0 Å². The number of halogens is 24. The Balaban J connectivity index is 0.000000340. The van der Waals surface area contributed by atoms with Crippen LogP contribution < -0.4 is 26.6 Å². The summed E-state index contributed by atoms with van der Waals surface area (Å²) in [5, 5.41) is 2.85. The van der Waals surface area contributed by atoms with E-state index in [1.54, 1.807) is 36.4 Å². The lowest BCUT2D eigenvalue weighted by atomic mass is 9.12. The zero-order valence-electron chi connectivity index (χ0n) is 42.4. The molecule has 0 radical (unpaired) electrons. The predicted octanol–water partition coefficient (Wildman–Crippen LogP) is 15.6. The van der Waals surface area contributed by atoms with Crippen LogP contribution in [0.15, 0.2) is 163 Å². The van der Waals surface area contributed by atoms with Gasteiger partial charge in [0.1, 0.15) is 11.9 Å². The van der Waals surface area contributed by atoms with E-state index in [-0.39, 0.29) is 11.5 Å². The molecule has 0 bridgehead atoms. The van der Waals surface area contributed by atoms with Gasteiger partial charge in [0.15, 0.2) is 15.9 Å². The smallest absolute Gasteiger partial charge is 0.416 e. The fourth-order valence-corrected chi connectivity index (χ4v) is 10.5. The molecule has 86 heavy (non-hydrogen) atoms. The Morgan fingerprint density at radius 3 is 0.919 bits per heavy atom. The minimum absolute atomic E-state index is 0.232. The van der Waals surface area contributed by atoms with Gasteiger partial charge in [-0.15, -0.1) is 0 Å². The number of hydrogen-bond donors (Lipinski definition) is 0. The zero-order chi connectivity index (χ0) is 64.6. The molecule has 0 aromatic heterocycles. The Hall–Kier alpha value is -8.23. The van der Waals surface area contributed by atoms with Crippen molar-refractivity contribution >= 4 is 49.7 Å². The lowest BCUT2D eigenvalue weighted by molar-refractivity contribution is -0.144. The number of esters is 1. The first-order valence-corrected chi connectivity index (χ1v) is 25.3. The van der Waals surface area contributed by atoms with Gasteiger partial charge in [-0.2, -0.15) is 127 Å². The first kappa shape index (κ1) is 66.9. The maximum absolute atomic E-state index is 14.2. The summed E-state index contributed by atoms with van der Waals surface area (Å²) in [6.07, 6.45) is -54.8. The number of rotatable bonds is 9. The van der Waals surface area contributed by atoms with Crippen molar-refractivity contribution in [3.05, 3.63) is 213 Å². The van der Waals surface area contributed by atoms with E-state index in [4.69, 9.17) is 4.74 Å². The highest BCUT2D eigenvalue weighted by Gasteiger charge is 2.47. The standard InChI is InChI=1S/C32H12BF24.C24H19O4S/c34-25(35,36)13-1-14(26(37,38)39)6-21(5-13)33(22-7-15(27(40,41)42)2-16(8-22)28(43,44)45,23-9-17(29(46,47)48)3-18(10-23)30(49,50)51)24-11-19(31(52,53)54)4-20(12-24)32(55,56)57;1-19(25)28-22-14-12-21(13-15-22)24(26)18-29(27,23-10-6-3-7-11-23)17-16-20-8-4-2-5-9-20/h1-12H;2-15H,18H2,1H3/q-1;+1. The molecule has 0 N–H and O–H groups in total. The second-order valence-electron chi connectivity index (χ2n) is 18.5. The molecule has 0 fully saturated rings. The molecule has 0 saturated heterocycles. The summed E-state index contributed by atoms with van der Waals surface area (Å²) >= 11 is 0. The van der Waals surface area contributed by atoms with Crippen LogP contribution >= 0.6 is 0 Å². The monoisotopic (exact) mass is 1270 g/mol. The number of ketones is 1. The van der Waals surface area contributed by atoms with E-state index in [0.717, 1.165) is 5.56 Å². The van der Waals surface area contributed by atoms with Crippen molar-refractivity contribution in [1.29, 1.82) is 0 Å². The van der Waals surface area contributed by atoms with Crippen LogP contribution in [0.25, 0.3) is 0 Å². The molecule has 0 spiro atoms. The maximum atomic E-state index is 14.2. The third-order valence-corrected chi connectivity index (χ3v) is 14.6. The average molecular weight is 1270 g/mol. The van der Waals surface area contributed by atoms with Crippen LogP contribution in [-0.4, -0.2) is 23.7 Å². The van der Waals surface area contributed by atoms with Gasteiger partial charge in [0.25, 0.3) is 0 Å². The van der Waals surface area contributed by atoms with Gasteiger partial charge in [0.2, 0.25) is 15.7 Å². The van der Waals surface area contributed by atoms with Gasteiger partial charge in [0, 0.05) is 18.1 Å². The Morgan fingerprint density at radius 2 is 0.663 bits per heavy atom. The number of hydrogen-bond acceptors (Lipinski definition) is 4. The molecule has 1 atom stereocenters. The molecule has 7 rings (SSSR count). The first-order chi connectivity index (χ1) is 39.2. The average Bonchev–Trinajstić information content (AvgIpc) is 0.740. The van der Waals surface area contributed by atoms with Gasteiger partial charge in [-0.1, -0.05) is 89.1 Å². The third kappa shape index (κ3) is 16.0. The molecule has 1 unspecified atom stereocenters. The quantitative estimate of drug-likeness (QED) is 0.0275. The van der Waals surface area contributed by atoms with Crippen molar-refractivity contribution < 1.29 is 124 Å². The molecule has 7 aromatic rings. The summed E-state index contributed by atoms with van der Waals surface area (Å²) in [6, 6.07) is 15.4. The number of Topliss-reactive ketones (excluding diaryl/α,β-unsaturated/α-hetero) is 1. The molecule has 0 aliphatic heterocycles. The number of benzene rings is 7. The SMILES string of the molecule is CC(=O)Oc1ccc(C(=O)C[S+](=O)(C#Cc2ccccc2)c2ccccc2)cc1.FC(F)(F)c1cc([B-](c2cc(C(F)(F)F)cc(C(F)(F)F)c2)(c2cc(C(F)(F)F)cc(C(F)(F)F)c2)c2cc(C(F)(F)F)cc(C(F)(F)F)c2)cc(C(F)(F)F)c1. The number of ether oxygens (including phenoxy) is 1. The maximum Gasteiger partial charge on any atom is 0.416 e. The summed E-state index contributed by atoms with van der Waals surface area (Å²) in [5.74, 6) is 2.32. The summed E-state index contributed by atoms with van der Waals surface area (Å²) in [6.45, 7) is 1.31. The molecule has 0 saturated carbocycles.